The van der Waals surface area contributed by atoms with Gasteiger partial charge in [0.2, 0.25) is 0 Å². The molecule has 0 aromatic heterocycles. The lowest BCUT2D eigenvalue weighted by molar-refractivity contribution is -0.0562. The smallest absolute Gasteiger partial charge is 0.394 e. The van der Waals surface area contributed by atoms with Crippen molar-refractivity contribution in [1.29, 1.82) is 0 Å². The molecule has 10 nitrogen and oxygen atoms in total. The van der Waals surface area contributed by atoms with E-state index in [-0.39, 0.29) is 12.8 Å². The molecule has 0 aromatic rings. The van der Waals surface area contributed by atoms with Crippen LogP contribution in [0.15, 0.2) is 0 Å². The summed E-state index contributed by atoms with van der Waals surface area (Å²) in [7, 11) is -4.88. The van der Waals surface area contributed by atoms with E-state index in [4.69, 9.17) is 14.8 Å². The van der Waals surface area contributed by atoms with Gasteiger partial charge in [0.05, 0.1) is 37.6 Å². The minimum atomic E-state index is -4.88. The van der Waals surface area contributed by atoms with Gasteiger partial charge in [-0.3, -0.25) is 4.55 Å². The third kappa shape index (κ3) is 5.08. The topological polar surface area (TPSA) is 185 Å². The van der Waals surface area contributed by atoms with Crippen molar-refractivity contribution >= 4 is 10.4 Å². The number of aliphatic hydroxyl groups is 6. The monoisotopic (exact) mass is 346 g/mol. The number of aliphatic hydroxyl groups excluding tert-OH is 6. The second kappa shape index (κ2) is 7.95. The van der Waals surface area contributed by atoms with Crippen LogP contribution in [0, 0.1) is 11.8 Å². The van der Waals surface area contributed by atoms with E-state index in [1.54, 1.807) is 0 Å². The average molecular weight is 346 g/mol. The molecule has 1 saturated carbocycles. The largest absolute Gasteiger partial charge is 0.397 e. The summed E-state index contributed by atoms with van der Waals surface area (Å²) < 4.78 is 33.9. The van der Waals surface area contributed by atoms with Gasteiger partial charge in [0.1, 0.15) is 6.10 Å². The summed E-state index contributed by atoms with van der Waals surface area (Å²) in [6.07, 6.45) is -7.20. The van der Waals surface area contributed by atoms with Crippen molar-refractivity contribution in [2.24, 2.45) is 11.8 Å². The fraction of sp³-hybridized carbons (Fsp3) is 1.00. The maximum Gasteiger partial charge on any atom is 0.397 e. The molecular formula is C11H22O10S. The van der Waals surface area contributed by atoms with Gasteiger partial charge < -0.3 is 30.6 Å². The SMILES string of the molecule is O=S(=O)(O)O[C@@H](CO)[C@H](O)CC1C[C@H](O)[C@H](O)[C@H]1[C@H](O)CO. The van der Waals surface area contributed by atoms with E-state index in [9.17, 15) is 28.8 Å². The van der Waals surface area contributed by atoms with Crippen molar-refractivity contribution in [3.8, 4) is 0 Å². The van der Waals surface area contributed by atoms with E-state index >= 15 is 0 Å². The van der Waals surface area contributed by atoms with Gasteiger partial charge in [-0.15, -0.1) is 0 Å². The Morgan fingerprint density at radius 3 is 2.18 bits per heavy atom. The molecule has 1 unspecified atom stereocenters. The van der Waals surface area contributed by atoms with Crippen LogP contribution in [0.3, 0.4) is 0 Å². The molecule has 0 spiro atoms. The van der Waals surface area contributed by atoms with Crippen LogP contribution in [0.2, 0.25) is 0 Å². The Hall–Kier alpha value is -0.370. The van der Waals surface area contributed by atoms with E-state index in [1.165, 1.54) is 0 Å². The summed E-state index contributed by atoms with van der Waals surface area (Å²) in [4.78, 5) is 0. The zero-order valence-corrected chi connectivity index (χ0v) is 12.4. The van der Waals surface area contributed by atoms with E-state index in [1.807, 2.05) is 0 Å². The van der Waals surface area contributed by atoms with Gasteiger partial charge in [-0.1, -0.05) is 0 Å². The van der Waals surface area contributed by atoms with Crippen molar-refractivity contribution in [3.63, 3.8) is 0 Å². The molecule has 1 aliphatic carbocycles. The van der Waals surface area contributed by atoms with Gasteiger partial charge in [0, 0.05) is 5.92 Å². The molecule has 11 heteroatoms. The summed E-state index contributed by atoms with van der Waals surface area (Å²) >= 11 is 0. The van der Waals surface area contributed by atoms with E-state index in [0.29, 0.717) is 0 Å². The van der Waals surface area contributed by atoms with Crippen molar-refractivity contribution in [1.82, 2.24) is 0 Å². The average Bonchev–Trinajstić information content (AvgIpc) is 2.69. The molecule has 0 amide bonds. The molecule has 1 aliphatic rings. The summed E-state index contributed by atoms with van der Waals surface area (Å²) in [6, 6.07) is 0. The molecule has 132 valence electrons. The zero-order valence-electron chi connectivity index (χ0n) is 11.6. The molecule has 22 heavy (non-hydrogen) atoms. The van der Waals surface area contributed by atoms with Crippen LogP contribution >= 0.6 is 0 Å². The first-order chi connectivity index (χ1) is 10.1. The maximum atomic E-state index is 10.6. The van der Waals surface area contributed by atoms with Crippen molar-refractivity contribution in [3.05, 3.63) is 0 Å². The molecule has 0 aliphatic heterocycles. The summed E-state index contributed by atoms with van der Waals surface area (Å²) in [5.41, 5.74) is 0. The molecule has 7 atom stereocenters. The molecule has 7 N–H and O–H groups in total. The summed E-state index contributed by atoms with van der Waals surface area (Å²) in [5, 5.41) is 57.0. The van der Waals surface area contributed by atoms with Crippen LogP contribution in [0.1, 0.15) is 12.8 Å². The van der Waals surface area contributed by atoms with Gasteiger partial charge in [-0.05, 0) is 18.8 Å². The normalized spacial score (nSPS) is 33.6. The van der Waals surface area contributed by atoms with E-state index in [0.717, 1.165) is 0 Å². The van der Waals surface area contributed by atoms with Crippen LogP contribution in [0.25, 0.3) is 0 Å². The molecule has 1 rings (SSSR count). The Morgan fingerprint density at radius 1 is 1.14 bits per heavy atom. The Balaban J connectivity index is 2.77. The van der Waals surface area contributed by atoms with Gasteiger partial charge >= 0.3 is 10.4 Å². The molecule has 0 bridgehead atoms. The van der Waals surface area contributed by atoms with Crippen LogP contribution in [-0.2, 0) is 14.6 Å². The van der Waals surface area contributed by atoms with Crippen molar-refractivity contribution < 1.29 is 47.8 Å². The second-order valence-electron chi connectivity index (χ2n) is 5.43. The minimum absolute atomic E-state index is 0.00395. The fourth-order valence-corrected chi connectivity index (χ4v) is 3.39. The summed E-state index contributed by atoms with van der Waals surface area (Å²) in [5.74, 6) is -1.58. The van der Waals surface area contributed by atoms with Crippen molar-refractivity contribution in [2.45, 2.75) is 43.4 Å². The third-order valence-corrected chi connectivity index (χ3v) is 4.40. The van der Waals surface area contributed by atoms with Gasteiger partial charge in [0.15, 0.2) is 0 Å². The molecular weight excluding hydrogens is 324 g/mol. The van der Waals surface area contributed by atoms with Gasteiger partial charge in [-0.25, -0.2) is 4.18 Å². The lowest BCUT2D eigenvalue weighted by atomic mass is 9.85. The number of rotatable bonds is 8. The first-order valence-electron chi connectivity index (χ1n) is 6.70. The molecule has 0 saturated heterocycles. The molecule has 0 radical (unpaired) electrons. The maximum absolute atomic E-state index is 10.6. The van der Waals surface area contributed by atoms with E-state index in [2.05, 4.69) is 4.18 Å². The minimum Gasteiger partial charge on any atom is -0.394 e. The highest BCUT2D eigenvalue weighted by molar-refractivity contribution is 7.80. The highest BCUT2D eigenvalue weighted by Crippen LogP contribution is 2.38. The van der Waals surface area contributed by atoms with E-state index < -0.39 is 66.0 Å². The Labute approximate surface area is 127 Å². The highest BCUT2D eigenvalue weighted by Gasteiger charge is 2.46. The molecule has 0 heterocycles. The first-order valence-corrected chi connectivity index (χ1v) is 8.06. The zero-order chi connectivity index (χ0) is 17.1. The number of hydrogen-bond donors (Lipinski definition) is 7. The molecule has 1 fully saturated rings. The lowest BCUT2D eigenvalue weighted by Crippen LogP contribution is -2.40. The van der Waals surface area contributed by atoms with Crippen LogP contribution < -0.4 is 0 Å². The predicted molar refractivity (Wildman–Crippen MR) is 70.8 cm³/mol. The Kier molecular flexibility index (Phi) is 7.11. The fourth-order valence-electron chi connectivity index (χ4n) is 2.89. The first kappa shape index (κ1) is 19.7. The highest BCUT2D eigenvalue weighted by atomic mass is 32.3. The van der Waals surface area contributed by atoms with Crippen LogP contribution in [0.4, 0.5) is 0 Å². The van der Waals surface area contributed by atoms with Crippen molar-refractivity contribution in [2.75, 3.05) is 13.2 Å². The Bertz CT molecular complexity index is 440. The number of hydrogen-bond acceptors (Lipinski definition) is 9. The second-order valence-corrected chi connectivity index (χ2v) is 6.48. The van der Waals surface area contributed by atoms with Crippen LogP contribution in [0.5, 0.6) is 0 Å². The lowest BCUT2D eigenvalue weighted by Gasteiger charge is -2.29. The van der Waals surface area contributed by atoms with Crippen LogP contribution in [-0.4, -0.2) is 87.3 Å². The standard InChI is InChI=1S/C11H22O10S/c12-3-8(16)10-5(2-7(15)11(10)17)1-6(14)9(4-13)21-22(18,19)20/h5-17H,1-4H2,(H,18,19,20)/t5?,6-,7+,8-,9+,10-,11+/m1/s1. The quantitative estimate of drug-likeness (QED) is 0.219. The van der Waals surface area contributed by atoms with Gasteiger partial charge in [-0.2, -0.15) is 8.42 Å². The third-order valence-electron chi connectivity index (χ3n) is 3.91. The molecule has 0 aromatic carbocycles. The van der Waals surface area contributed by atoms with Gasteiger partial charge in [0.25, 0.3) is 0 Å². The Morgan fingerprint density at radius 2 is 1.73 bits per heavy atom. The summed E-state index contributed by atoms with van der Waals surface area (Å²) in [6.45, 7) is -1.56. The predicted octanol–water partition coefficient (Wildman–Crippen LogP) is -3.37.